The number of nitrogens with two attached hydrogens (primary N) is 1. The van der Waals surface area contributed by atoms with Gasteiger partial charge in [0.1, 0.15) is 18.7 Å². The molecule has 2 aromatic carbocycles. The van der Waals surface area contributed by atoms with Crippen molar-refractivity contribution in [2.45, 2.75) is 19.7 Å². The predicted molar refractivity (Wildman–Crippen MR) is 90.4 cm³/mol. The van der Waals surface area contributed by atoms with Gasteiger partial charge < -0.3 is 10.5 Å². The third kappa shape index (κ3) is 4.08. The molecular formula is C18H15F3N4O2. The summed E-state index contributed by atoms with van der Waals surface area (Å²) in [5.74, 6) is -0.465. The lowest BCUT2D eigenvalue weighted by atomic mass is 10.0. The second-order valence-corrected chi connectivity index (χ2v) is 5.76. The smallest absolute Gasteiger partial charge is 0.416 e. The van der Waals surface area contributed by atoms with Gasteiger partial charge in [-0.25, -0.2) is 9.67 Å². The van der Waals surface area contributed by atoms with Crippen molar-refractivity contribution < 1.29 is 22.7 Å². The zero-order valence-electron chi connectivity index (χ0n) is 14.2. The van der Waals surface area contributed by atoms with Gasteiger partial charge in [0.05, 0.1) is 11.3 Å². The number of benzene rings is 2. The van der Waals surface area contributed by atoms with Gasteiger partial charge in [-0.1, -0.05) is 12.1 Å². The summed E-state index contributed by atoms with van der Waals surface area (Å²) in [6, 6.07) is 10.5. The Balaban J connectivity index is 1.75. The maximum atomic E-state index is 13.1. The van der Waals surface area contributed by atoms with Crippen molar-refractivity contribution in [3.63, 3.8) is 0 Å². The monoisotopic (exact) mass is 376 g/mol. The Labute approximate surface area is 152 Å². The average Bonchev–Trinajstić information content (AvgIpc) is 3.10. The molecular weight excluding hydrogens is 361 g/mol. The number of carbonyl (C=O) groups is 1. The Hall–Kier alpha value is -3.36. The zero-order chi connectivity index (χ0) is 19.6. The minimum Gasteiger partial charge on any atom is -0.489 e. The molecule has 0 unspecified atom stereocenters. The van der Waals surface area contributed by atoms with Gasteiger partial charge in [-0.3, -0.25) is 4.79 Å². The summed E-state index contributed by atoms with van der Waals surface area (Å²) >= 11 is 0. The van der Waals surface area contributed by atoms with Crippen molar-refractivity contribution in [1.82, 2.24) is 14.8 Å². The molecule has 3 rings (SSSR count). The second kappa shape index (κ2) is 7.10. The Kier molecular flexibility index (Phi) is 4.85. The van der Waals surface area contributed by atoms with Crippen LogP contribution in [0.25, 0.3) is 5.69 Å². The molecule has 0 saturated heterocycles. The van der Waals surface area contributed by atoms with Crippen LogP contribution in [0.5, 0.6) is 5.75 Å². The van der Waals surface area contributed by atoms with E-state index in [0.29, 0.717) is 17.0 Å². The van der Waals surface area contributed by atoms with Gasteiger partial charge in [-0.15, -0.1) is 5.10 Å². The third-order valence-corrected chi connectivity index (χ3v) is 3.91. The summed E-state index contributed by atoms with van der Waals surface area (Å²) in [6.07, 6.45) is -3.11. The van der Waals surface area contributed by atoms with E-state index >= 15 is 0 Å². The molecule has 1 amide bonds. The number of rotatable bonds is 5. The van der Waals surface area contributed by atoms with E-state index in [1.54, 1.807) is 37.3 Å². The quantitative estimate of drug-likeness (QED) is 0.741. The van der Waals surface area contributed by atoms with Crippen LogP contribution in [0.3, 0.4) is 0 Å². The Morgan fingerprint density at radius 1 is 1.19 bits per heavy atom. The number of primary amides is 1. The number of aromatic nitrogens is 3. The first kappa shape index (κ1) is 18.4. The van der Waals surface area contributed by atoms with Gasteiger partial charge in [-0.05, 0) is 42.8 Å². The normalized spacial score (nSPS) is 11.4. The van der Waals surface area contributed by atoms with Crippen LogP contribution in [-0.4, -0.2) is 20.7 Å². The second-order valence-electron chi connectivity index (χ2n) is 5.76. The Morgan fingerprint density at radius 3 is 2.48 bits per heavy atom. The molecule has 0 aliphatic heterocycles. The van der Waals surface area contributed by atoms with Gasteiger partial charge in [0, 0.05) is 5.56 Å². The lowest BCUT2D eigenvalue weighted by Crippen LogP contribution is -2.13. The average molecular weight is 376 g/mol. The van der Waals surface area contributed by atoms with Crippen molar-refractivity contribution in [3.05, 3.63) is 71.3 Å². The molecule has 0 radical (unpaired) electrons. The molecule has 0 fully saturated rings. The fraction of sp³-hybridized carbons (Fsp3) is 0.167. The standard InChI is InChI=1S/C18H15F3N4O2/c1-11-3-2-4-15(18(19,20)21)14(11)9-27-13-7-5-12(6-8-13)25-10-23-17(24-25)16(22)26/h2-8,10H,9H2,1H3,(H2,22,26). The number of hydrogen-bond acceptors (Lipinski definition) is 4. The van der Waals surface area contributed by atoms with E-state index in [1.165, 1.54) is 17.1 Å². The molecule has 140 valence electrons. The van der Waals surface area contributed by atoms with Gasteiger partial charge in [-0.2, -0.15) is 13.2 Å². The molecule has 0 bridgehead atoms. The number of halogens is 3. The summed E-state index contributed by atoms with van der Waals surface area (Å²) in [4.78, 5) is 14.8. The SMILES string of the molecule is Cc1cccc(C(F)(F)F)c1COc1ccc(-n2cnc(C(N)=O)n2)cc1. The largest absolute Gasteiger partial charge is 0.489 e. The molecule has 3 aromatic rings. The fourth-order valence-corrected chi connectivity index (χ4v) is 2.51. The molecule has 6 nitrogen and oxygen atoms in total. The minimum absolute atomic E-state index is 0.0939. The van der Waals surface area contributed by atoms with Gasteiger partial charge in [0.15, 0.2) is 0 Å². The van der Waals surface area contributed by atoms with Crippen molar-refractivity contribution in [2.24, 2.45) is 5.73 Å². The Morgan fingerprint density at radius 2 is 1.89 bits per heavy atom. The highest BCUT2D eigenvalue weighted by Gasteiger charge is 2.33. The zero-order valence-corrected chi connectivity index (χ0v) is 14.2. The molecule has 0 aliphatic rings. The van der Waals surface area contributed by atoms with Crippen molar-refractivity contribution in [2.75, 3.05) is 0 Å². The number of alkyl halides is 3. The van der Waals surface area contributed by atoms with E-state index in [-0.39, 0.29) is 18.0 Å². The van der Waals surface area contributed by atoms with E-state index in [4.69, 9.17) is 10.5 Å². The van der Waals surface area contributed by atoms with Crippen LogP contribution in [0.1, 0.15) is 27.3 Å². The van der Waals surface area contributed by atoms with E-state index in [9.17, 15) is 18.0 Å². The van der Waals surface area contributed by atoms with Crippen LogP contribution >= 0.6 is 0 Å². The van der Waals surface area contributed by atoms with Gasteiger partial charge in [0.25, 0.3) is 5.91 Å². The number of carbonyl (C=O) groups excluding carboxylic acids is 1. The first-order chi connectivity index (χ1) is 12.8. The van der Waals surface area contributed by atoms with E-state index in [1.807, 2.05) is 0 Å². The van der Waals surface area contributed by atoms with Gasteiger partial charge in [0.2, 0.25) is 5.82 Å². The van der Waals surface area contributed by atoms with Crippen LogP contribution in [0, 0.1) is 6.92 Å². The van der Waals surface area contributed by atoms with Crippen molar-refractivity contribution >= 4 is 5.91 Å². The molecule has 1 heterocycles. The summed E-state index contributed by atoms with van der Waals surface area (Å²) < 4.78 is 46.3. The van der Waals surface area contributed by atoms with Gasteiger partial charge >= 0.3 is 6.18 Å². The van der Waals surface area contributed by atoms with E-state index < -0.39 is 17.6 Å². The van der Waals surface area contributed by atoms with Crippen molar-refractivity contribution in [3.8, 4) is 11.4 Å². The number of amides is 1. The van der Waals surface area contributed by atoms with E-state index in [2.05, 4.69) is 10.1 Å². The number of hydrogen-bond donors (Lipinski definition) is 1. The molecule has 0 saturated carbocycles. The lowest BCUT2D eigenvalue weighted by Gasteiger charge is -2.16. The van der Waals surface area contributed by atoms with E-state index in [0.717, 1.165) is 6.07 Å². The maximum Gasteiger partial charge on any atom is 0.416 e. The molecule has 0 spiro atoms. The van der Waals surface area contributed by atoms with Crippen molar-refractivity contribution in [1.29, 1.82) is 0 Å². The summed E-state index contributed by atoms with van der Waals surface area (Å²) in [5.41, 5.74) is 5.58. The summed E-state index contributed by atoms with van der Waals surface area (Å²) in [7, 11) is 0. The third-order valence-electron chi connectivity index (χ3n) is 3.91. The van der Waals surface area contributed by atoms with Crippen LogP contribution < -0.4 is 10.5 Å². The molecule has 0 atom stereocenters. The molecule has 9 heteroatoms. The first-order valence-electron chi connectivity index (χ1n) is 7.86. The number of ether oxygens (including phenoxy) is 1. The van der Waals surface area contributed by atoms with Crippen LogP contribution in [0.2, 0.25) is 0 Å². The minimum atomic E-state index is -4.44. The lowest BCUT2D eigenvalue weighted by molar-refractivity contribution is -0.138. The number of aryl methyl sites for hydroxylation is 1. The molecule has 2 N–H and O–H groups in total. The van der Waals surface area contributed by atoms with Crippen LogP contribution in [-0.2, 0) is 12.8 Å². The molecule has 0 aliphatic carbocycles. The fourth-order valence-electron chi connectivity index (χ4n) is 2.51. The van der Waals surface area contributed by atoms with Crippen LogP contribution in [0.4, 0.5) is 13.2 Å². The predicted octanol–water partition coefficient (Wildman–Crippen LogP) is 3.27. The highest BCUT2D eigenvalue weighted by Crippen LogP contribution is 2.33. The molecule has 27 heavy (non-hydrogen) atoms. The Bertz CT molecular complexity index is 965. The highest BCUT2D eigenvalue weighted by molar-refractivity contribution is 5.88. The maximum absolute atomic E-state index is 13.1. The summed E-state index contributed by atoms with van der Waals surface area (Å²) in [6.45, 7) is 1.40. The highest BCUT2D eigenvalue weighted by atomic mass is 19.4. The number of nitrogens with zero attached hydrogens (tertiary/aromatic N) is 3. The topological polar surface area (TPSA) is 83.0 Å². The van der Waals surface area contributed by atoms with Crippen LogP contribution in [0.15, 0.2) is 48.8 Å². The molecule has 1 aromatic heterocycles. The first-order valence-corrected chi connectivity index (χ1v) is 7.86. The summed E-state index contributed by atoms with van der Waals surface area (Å²) in [5, 5.41) is 3.92.